The first-order chi connectivity index (χ1) is 12.5. The fourth-order valence-corrected chi connectivity index (χ4v) is 3.82. The number of nitrogens with zero attached hydrogens (tertiary/aromatic N) is 1. The zero-order valence-electron chi connectivity index (χ0n) is 13.9. The van der Waals surface area contributed by atoms with Crippen molar-refractivity contribution < 1.29 is 4.79 Å². The van der Waals surface area contributed by atoms with Gasteiger partial charge in [0.05, 0.1) is 16.5 Å². The topological polar surface area (TPSA) is 113 Å². The van der Waals surface area contributed by atoms with Gasteiger partial charge in [0.25, 0.3) is 11.5 Å². The van der Waals surface area contributed by atoms with Crippen molar-refractivity contribution in [3.8, 4) is 0 Å². The van der Waals surface area contributed by atoms with Crippen LogP contribution >= 0.6 is 15.9 Å². The lowest BCUT2D eigenvalue weighted by molar-refractivity contribution is 0.100. The molecule has 1 fully saturated rings. The van der Waals surface area contributed by atoms with Crippen LogP contribution in [-0.2, 0) is 0 Å². The van der Waals surface area contributed by atoms with Gasteiger partial charge in [-0.3, -0.25) is 9.59 Å². The molecule has 0 spiro atoms. The molecule has 1 aliphatic rings. The predicted molar refractivity (Wildman–Crippen MR) is 106 cm³/mol. The highest BCUT2D eigenvalue weighted by Crippen LogP contribution is 2.31. The van der Waals surface area contributed by atoms with Crippen molar-refractivity contribution in [2.45, 2.75) is 18.9 Å². The van der Waals surface area contributed by atoms with Crippen LogP contribution in [0.3, 0.4) is 0 Å². The lowest BCUT2D eigenvalue weighted by Crippen LogP contribution is -2.38. The Morgan fingerprint density at radius 1 is 1.35 bits per heavy atom. The highest BCUT2D eigenvalue weighted by molar-refractivity contribution is 9.10. The van der Waals surface area contributed by atoms with Gasteiger partial charge in [-0.25, -0.2) is 4.98 Å². The number of pyridine rings is 2. The zero-order chi connectivity index (χ0) is 18.3. The Labute approximate surface area is 157 Å². The Kier molecular flexibility index (Phi) is 4.37. The second-order valence-electron chi connectivity index (χ2n) is 6.46. The van der Waals surface area contributed by atoms with Gasteiger partial charge in [-0.2, -0.15) is 0 Å². The summed E-state index contributed by atoms with van der Waals surface area (Å²) < 4.78 is 0.840. The number of aromatic amines is 1. The number of primary amides is 1. The molecule has 1 aromatic carbocycles. The molecule has 1 saturated heterocycles. The third-order valence-corrected chi connectivity index (χ3v) is 5.19. The Bertz CT molecular complexity index is 1070. The molecule has 134 valence electrons. The van der Waals surface area contributed by atoms with Gasteiger partial charge in [-0.1, -0.05) is 15.9 Å². The van der Waals surface area contributed by atoms with Crippen LogP contribution in [0.4, 0.5) is 5.82 Å². The summed E-state index contributed by atoms with van der Waals surface area (Å²) >= 11 is 3.46. The van der Waals surface area contributed by atoms with E-state index in [0.717, 1.165) is 41.2 Å². The summed E-state index contributed by atoms with van der Waals surface area (Å²) in [5, 5.41) is 8.75. The molecule has 5 N–H and O–H groups in total. The summed E-state index contributed by atoms with van der Waals surface area (Å²) in [4.78, 5) is 31.6. The Hall–Kier alpha value is -2.45. The minimum absolute atomic E-state index is 0.200. The molecule has 0 radical (unpaired) electrons. The Balaban J connectivity index is 2.02. The molecule has 1 atom stereocenters. The number of nitrogens with one attached hydrogen (secondary N) is 3. The van der Waals surface area contributed by atoms with E-state index in [2.05, 4.69) is 36.5 Å². The van der Waals surface area contributed by atoms with Gasteiger partial charge >= 0.3 is 0 Å². The highest BCUT2D eigenvalue weighted by atomic mass is 79.9. The van der Waals surface area contributed by atoms with Crippen molar-refractivity contribution in [1.82, 2.24) is 15.3 Å². The first kappa shape index (κ1) is 17.0. The summed E-state index contributed by atoms with van der Waals surface area (Å²) in [5.41, 5.74) is 5.72. The van der Waals surface area contributed by atoms with E-state index in [1.807, 2.05) is 18.2 Å². The van der Waals surface area contributed by atoms with Crippen molar-refractivity contribution in [1.29, 1.82) is 0 Å². The van der Waals surface area contributed by atoms with E-state index in [1.165, 1.54) is 6.20 Å². The first-order valence-electron chi connectivity index (χ1n) is 8.46. The van der Waals surface area contributed by atoms with Crippen molar-refractivity contribution in [2.24, 2.45) is 5.73 Å². The zero-order valence-corrected chi connectivity index (χ0v) is 15.5. The summed E-state index contributed by atoms with van der Waals surface area (Å²) in [6, 6.07) is 5.93. The van der Waals surface area contributed by atoms with Crippen molar-refractivity contribution in [2.75, 3.05) is 18.4 Å². The molecule has 4 rings (SSSR count). The maximum Gasteiger partial charge on any atom is 0.258 e. The summed E-state index contributed by atoms with van der Waals surface area (Å²) in [7, 11) is 0. The number of nitrogens with two attached hydrogens (primary N) is 1. The average Bonchev–Trinajstić information content (AvgIpc) is 2.62. The van der Waals surface area contributed by atoms with E-state index in [-0.39, 0.29) is 17.2 Å². The molecule has 1 amide bonds. The van der Waals surface area contributed by atoms with Gasteiger partial charge in [-0.05, 0) is 37.6 Å². The molecule has 0 bridgehead atoms. The number of H-pyrrole nitrogens is 1. The maximum atomic E-state index is 12.5. The van der Waals surface area contributed by atoms with Gasteiger partial charge < -0.3 is 21.4 Å². The molecule has 0 saturated carbocycles. The first-order valence-corrected chi connectivity index (χ1v) is 9.25. The second-order valence-corrected chi connectivity index (χ2v) is 7.37. The smallest absolute Gasteiger partial charge is 0.258 e. The van der Waals surface area contributed by atoms with Crippen LogP contribution in [0.5, 0.6) is 0 Å². The summed E-state index contributed by atoms with van der Waals surface area (Å²) in [5.74, 6) is 0.0279. The van der Waals surface area contributed by atoms with Crippen LogP contribution in [0.15, 0.2) is 33.7 Å². The molecule has 1 aliphatic heterocycles. The normalized spacial score (nSPS) is 17.5. The molecule has 26 heavy (non-hydrogen) atoms. The summed E-state index contributed by atoms with van der Waals surface area (Å²) in [6.45, 7) is 1.86. The molecular formula is C18H18BrN5O2. The lowest BCUT2D eigenvalue weighted by Gasteiger charge is -2.25. The average molecular weight is 416 g/mol. The van der Waals surface area contributed by atoms with Gasteiger partial charge in [0, 0.05) is 34.0 Å². The number of piperidine rings is 1. The molecular weight excluding hydrogens is 398 g/mol. The molecule has 0 unspecified atom stereocenters. The van der Waals surface area contributed by atoms with E-state index in [1.54, 1.807) is 0 Å². The van der Waals surface area contributed by atoms with E-state index in [0.29, 0.717) is 16.7 Å². The third-order valence-electron chi connectivity index (χ3n) is 4.70. The fourth-order valence-electron chi connectivity index (χ4n) is 3.45. The van der Waals surface area contributed by atoms with Gasteiger partial charge in [0.15, 0.2) is 0 Å². The van der Waals surface area contributed by atoms with Crippen LogP contribution in [0.25, 0.3) is 21.7 Å². The van der Waals surface area contributed by atoms with Crippen LogP contribution < -0.4 is 21.9 Å². The van der Waals surface area contributed by atoms with E-state index >= 15 is 0 Å². The number of carbonyl (C=O) groups excluding carboxylic acids is 1. The second kappa shape index (κ2) is 6.69. The minimum Gasteiger partial charge on any atom is -0.366 e. The number of carbonyl (C=O) groups is 1. The van der Waals surface area contributed by atoms with Gasteiger partial charge in [0.2, 0.25) is 0 Å². The van der Waals surface area contributed by atoms with E-state index < -0.39 is 5.91 Å². The highest BCUT2D eigenvalue weighted by Gasteiger charge is 2.19. The van der Waals surface area contributed by atoms with E-state index in [4.69, 9.17) is 5.73 Å². The van der Waals surface area contributed by atoms with Crippen molar-refractivity contribution in [3.63, 3.8) is 0 Å². The minimum atomic E-state index is -0.627. The standard InChI is InChI=1S/C18H18BrN5O2/c19-9-3-4-11-12(6-9)14-15(13(16(20)25)8-22-18(14)26)24-17(11)23-10-2-1-5-21-7-10/h3-4,6,8,10,21H,1-2,5,7H2,(H2,20,25)(H,22,26)(H,23,24)/t10-/m0/s1. The Morgan fingerprint density at radius 3 is 2.92 bits per heavy atom. The quantitative estimate of drug-likeness (QED) is 0.489. The van der Waals surface area contributed by atoms with Crippen molar-refractivity contribution >= 4 is 49.3 Å². The number of fused-ring (bicyclic) bond motifs is 3. The van der Waals surface area contributed by atoms with Gasteiger partial charge in [0.1, 0.15) is 5.82 Å². The fraction of sp³-hybridized carbons (Fsp3) is 0.278. The third kappa shape index (κ3) is 2.95. The van der Waals surface area contributed by atoms with Crippen LogP contribution in [0, 0.1) is 0 Å². The molecule has 7 nitrogen and oxygen atoms in total. The van der Waals surface area contributed by atoms with Crippen LogP contribution in [0.1, 0.15) is 23.2 Å². The Morgan fingerprint density at radius 2 is 2.19 bits per heavy atom. The molecule has 3 aromatic rings. The number of halogens is 1. The maximum absolute atomic E-state index is 12.5. The number of aromatic nitrogens is 2. The molecule has 8 heteroatoms. The number of benzene rings is 1. The lowest BCUT2D eigenvalue weighted by atomic mass is 10.0. The van der Waals surface area contributed by atoms with Crippen LogP contribution in [-0.4, -0.2) is 35.0 Å². The monoisotopic (exact) mass is 415 g/mol. The molecule has 3 heterocycles. The molecule has 0 aliphatic carbocycles. The van der Waals surface area contributed by atoms with Crippen molar-refractivity contribution in [3.05, 3.63) is 44.8 Å². The molecule has 2 aromatic heterocycles. The van der Waals surface area contributed by atoms with E-state index in [9.17, 15) is 9.59 Å². The SMILES string of the molecule is NC(=O)c1c[nH]c(=O)c2c1nc(N[C@H]1CCCNC1)c1ccc(Br)cc12. The number of hydrogen-bond acceptors (Lipinski definition) is 5. The summed E-state index contributed by atoms with van der Waals surface area (Å²) in [6.07, 6.45) is 3.44. The number of anilines is 1. The predicted octanol–water partition coefficient (Wildman–Crippen LogP) is 2.10. The number of rotatable bonds is 3. The number of hydrogen-bond donors (Lipinski definition) is 4. The number of amides is 1. The largest absolute Gasteiger partial charge is 0.366 e. The van der Waals surface area contributed by atoms with Crippen LogP contribution in [0.2, 0.25) is 0 Å². The van der Waals surface area contributed by atoms with Gasteiger partial charge in [-0.15, -0.1) is 0 Å².